The van der Waals surface area contributed by atoms with Crippen LogP contribution in [-0.2, 0) is 10.0 Å². The minimum atomic E-state index is -3.71. The molecule has 0 bridgehead atoms. The average Bonchev–Trinajstić information content (AvgIpc) is 2.64. The molecule has 0 saturated carbocycles. The molecule has 5 nitrogen and oxygen atoms in total. The molecule has 0 radical (unpaired) electrons. The maximum absolute atomic E-state index is 13.2. The lowest BCUT2D eigenvalue weighted by molar-refractivity contribution is 0.102. The molecular weight excluding hydrogens is 367 g/mol. The Hall–Kier alpha value is -3.19. The number of aryl methyl sites for hydroxylation is 1. The van der Waals surface area contributed by atoms with Crippen molar-refractivity contribution in [1.29, 1.82) is 0 Å². The lowest BCUT2D eigenvalue weighted by Gasteiger charge is -2.12. The maximum atomic E-state index is 13.2. The summed E-state index contributed by atoms with van der Waals surface area (Å²) < 4.78 is 40.6. The zero-order valence-electron chi connectivity index (χ0n) is 14.4. The molecule has 2 N–H and O–H groups in total. The van der Waals surface area contributed by atoms with E-state index in [-0.39, 0.29) is 4.90 Å². The first-order chi connectivity index (χ1) is 12.8. The van der Waals surface area contributed by atoms with E-state index >= 15 is 0 Å². The number of sulfonamides is 1. The van der Waals surface area contributed by atoms with Gasteiger partial charge in [0, 0.05) is 11.3 Å². The fourth-order valence-electron chi connectivity index (χ4n) is 2.49. The van der Waals surface area contributed by atoms with E-state index in [1.54, 1.807) is 37.3 Å². The average molecular weight is 384 g/mol. The van der Waals surface area contributed by atoms with Gasteiger partial charge in [0.25, 0.3) is 15.9 Å². The minimum absolute atomic E-state index is 0.150. The van der Waals surface area contributed by atoms with Crippen molar-refractivity contribution >= 4 is 27.3 Å². The molecule has 0 fully saturated rings. The number of benzene rings is 3. The zero-order chi connectivity index (χ0) is 19.4. The molecule has 0 heterocycles. The number of hydrogen-bond donors (Lipinski definition) is 2. The van der Waals surface area contributed by atoms with Gasteiger partial charge < -0.3 is 5.32 Å². The number of carbonyl (C=O) groups excluding carboxylic acids is 1. The summed E-state index contributed by atoms with van der Waals surface area (Å²) in [6.45, 7) is 1.70. The second-order valence-corrected chi connectivity index (χ2v) is 7.60. The van der Waals surface area contributed by atoms with Crippen molar-refractivity contribution in [3.05, 3.63) is 89.7 Å². The molecule has 0 aliphatic carbocycles. The van der Waals surface area contributed by atoms with Crippen molar-refractivity contribution in [2.75, 3.05) is 10.0 Å². The third-order valence-electron chi connectivity index (χ3n) is 3.87. The van der Waals surface area contributed by atoms with Crippen LogP contribution in [0.1, 0.15) is 15.9 Å². The van der Waals surface area contributed by atoms with Gasteiger partial charge in [-0.05, 0) is 61.0 Å². The molecule has 0 aromatic heterocycles. The van der Waals surface area contributed by atoms with Gasteiger partial charge in [-0.15, -0.1) is 0 Å². The Morgan fingerprint density at radius 2 is 1.67 bits per heavy atom. The third-order valence-corrected chi connectivity index (χ3v) is 5.25. The number of amides is 1. The van der Waals surface area contributed by atoms with E-state index < -0.39 is 21.7 Å². The second kappa shape index (κ2) is 7.59. The summed E-state index contributed by atoms with van der Waals surface area (Å²) in [5.74, 6) is -0.865. The summed E-state index contributed by atoms with van der Waals surface area (Å²) in [4.78, 5) is 12.5. The quantitative estimate of drug-likeness (QED) is 0.693. The lowest BCUT2D eigenvalue weighted by atomic mass is 10.1. The van der Waals surface area contributed by atoms with Crippen molar-refractivity contribution < 1.29 is 17.6 Å². The first-order valence-electron chi connectivity index (χ1n) is 8.10. The Bertz CT molecular complexity index is 1080. The largest absolute Gasteiger partial charge is 0.322 e. The highest BCUT2D eigenvalue weighted by atomic mass is 32.2. The van der Waals surface area contributed by atoms with Gasteiger partial charge >= 0.3 is 0 Å². The molecule has 0 spiro atoms. The van der Waals surface area contributed by atoms with Gasteiger partial charge in [-0.25, -0.2) is 12.8 Å². The molecule has 1 amide bonds. The van der Waals surface area contributed by atoms with Gasteiger partial charge in [-0.2, -0.15) is 0 Å². The van der Waals surface area contributed by atoms with E-state index in [0.717, 1.165) is 0 Å². The smallest absolute Gasteiger partial charge is 0.261 e. The Kier molecular flexibility index (Phi) is 5.23. The molecule has 3 rings (SSSR count). The Morgan fingerprint density at radius 3 is 2.33 bits per heavy atom. The highest BCUT2D eigenvalue weighted by molar-refractivity contribution is 7.92. The Labute approximate surface area is 156 Å². The van der Waals surface area contributed by atoms with Gasteiger partial charge in [0.05, 0.1) is 10.6 Å². The summed E-state index contributed by atoms with van der Waals surface area (Å²) in [6.07, 6.45) is 0. The number of nitrogens with one attached hydrogen (secondary N) is 2. The molecule has 0 atom stereocenters. The first-order valence-corrected chi connectivity index (χ1v) is 9.59. The molecule has 27 heavy (non-hydrogen) atoms. The molecule has 138 valence electrons. The Balaban J connectivity index is 1.78. The van der Waals surface area contributed by atoms with E-state index in [1.165, 1.54) is 42.5 Å². The fraction of sp³-hybridized carbons (Fsp3) is 0.0500. The summed E-state index contributed by atoms with van der Waals surface area (Å²) in [5.41, 5.74) is 1.63. The van der Waals surface area contributed by atoms with Crippen LogP contribution in [0.15, 0.2) is 77.7 Å². The topological polar surface area (TPSA) is 75.3 Å². The van der Waals surface area contributed by atoms with Crippen LogP contribution in [0, 0.1) is 12.7 Å². The summed E-state index contributed by atoms with van der Waals surface area (Å²) in [7, 11) is -3.71. The van der Waals surface area contributed by atoms with Gasteiger partial charge in [0.1, 0.15) is 5.82 Å². The normalized spacial score (nSPS) is 11.0. The highest BCUT2D eigenvalue weighted by Crippen LogP contribution is 2.21. The van der Waals surface area contributed by atoms with Crippen LogP contribution in [0.3, 0.4) is 0 Å². The molecule has 3 aromatic carbocycles. The fourth-order valence-corrected chi connectivity index (χ4v) is 3.64. The van der Waals surface area contributed by atoms with Gasteiger partial charge in [-0.3, -0.25) is 9.52 Å². The van der Waals surface area contributed by atoms with Crippen LogP contribution in [0.4, 0.5) is 15.8 Å². The lowest BCUT2D eigenvalue weighted by Crippen LogP contribution is -2.15. The monoisotopic (exact) mass is 384 g/mol. The second-order valence-electron chi connectivity index (χ2n) is 5.91. The predicted octanol–water partition coefficient (Wildman–Crippen LogP) is 4.19. The van der Waals surface area contributed by atoms with E-state index in [2.05, 4.69) is 10.0 Å². The van der Waals surface area contributed by atoms with Crippen LogP contribution in [0.25, 0.3) is 0 Å². The SMILES string of the molecule is Cc1cc(C(=O)Nc2cccc(F)c2)ccc1NS(=O)(=O)c1ccccc1. The molecule has 0 aliphatic heterocycles. The number of rotatable bonds is 5. The van der Waals surface area contributed by atoms with Crippen molar-refractivity contribution in [3.8, 4) is 0 Å². The summed E-state index contributed by atoms with van der Waals surface area (Å²) >= 11 is 0. The van der Waals surface area contributed by atoms with E-state index in [0.29, 0.717) is 22.5 Å². The number of carbonyl (C=O) groups is 1. The van der Waals surface area contributed by atoms with Crippen molar-refractivity contribution in [2.24, 2.45) is 0 Å². The number of hydrogen-bond acceptors (Lipinski definition) is 3. The van der Waals surface area contributed by atoms with Gasteiger partial charge in [0.15, 0.2) is 0 Å². The van der Waals surface area contributed by atoms with Gasteiger partial charge in [-0.1, -0.05) is 24.3 Å². The Morgan fingerprint density at radius 1 is 0.926 bits per heavy atom. The molecule has 0 unspecified atom stereocenters. The van der Waals surface area contributed by atoms with Crippen LogP contribution >= 0.6 is 0 Å². The molecule has 7 heteroatoms. The minimum Gasteiger partial charge on any atom is -0.322 e. The van der Waals surface area contributed by atoms with Crippen LogP contribution < -0.4 is 10.0 Å². The van der Waals surface area contributed by atoms with Crippen LogP contribution in [-0.4, -0.2) is 14.3 Å². The van der Waals surface area contributed by atoms with Gasteiger partial charge in [0.2, 0.25) is 0 Å². The summed E-state index contributed by atoms with van der Waals surface area (Å²) in [6, 6.07) is 18.2. The van der Waals surface area contributed by atoms with E-state index in [4.69, 9.17) is 0 Å². The molecule has 0 saturated heterocycles. The molecule has 3 aromatic rings. The number of anilines is 2. The zero-order valence-corrected chi connectivity index (χ0v) is 15.3. The van der Waals surface area contributed by atoms with E-state index in [9.17, 15) is 17.6 Å². The van der Waals surface area contributed by atoms with Crippen LogP contribution in [0.5, 0.6) is 0 Å². The standard InChI is InChI=1S/C20H17FN2O3S/c1-14-12-15(20(24)22-17-7-5-6-16(21)13-17)10-11-19(14)23-27(25,26)18-8-3-2-4-9-18/h2-13,23H,1H3,(H,22,24). The maximum Gasteiger partial charge on any atom is 0.261 e. The summed E-state index contributed by atoms with van der Waals surface area (Å²) in [5, 5.41) is 2.60. The molecular formula is C20H17FN2O3S. The van der Waals surface area contributed by atoms with Crippen molar-refractivity contribution in [3.63, 3.8) is 0 Å². The van der Waals surface area contributed by atoms with Crippen molar-refractivity contribution in [1.82, 2.24) is 0 Å². The predicted molar refractivity (Wildman–Crippen MR) is 103 cm³/mol. The first kappa shape index (κ1) is 18.6. The molecule has 0 aliphatic rings. The highest BCUT2D eigenvalue weighted by Gasteiger charge is 2.16. The van der Waals surface area contributed by atoms with Crippen LogP contribution in [0.2, 0.25) is 0 Å². The van der Waals surface area contributed by atoms with Crippen molar-refractivity contribution in [2.45, 2.75) is 11.8 Å². The number of halogens is 1. The third kappa shape index (κ3) is 4.51. The van der Waals surface area contributed by atoms with E-state index in [1.807, 2.05) is 0 Å².